The zero-order valence-corrected chi connectivity index (χ0v) is 17.4. The monoisotopic (exact) mass is 436 g/mol. The number of halogens is 2. The summed E-state index contributed by atoms with van der Waals surface area (Å²) >= 11 is 12.3. The van der Waals surface area contributed by atoms with Crippen molar-refractivity contribution in [1.29, 1.82) is 0 Å². The van der Waals surface area contributed by atoms with Gasteiger partial charge in [-0.25, -0.2) is 4.79 Å². The fraction of sp³-hybridized carbons (Fsp3) is 0.550. The molecule has 1 saturated carbocycles. The molecule has 1 aromatic carbocycles. The van der Waals surface area contributed by atoms with Crippen LogP contribution in [0.3, 0.4) is 0 Å². The first-order valence-electron chi connectivity index (χ1n) is 10.0. The molecule has 3 fully saturated rings. The van der Waals surface area contributed by atoms with Gasteiger partial charge >= 0.3 is 6.03 Å². The molecule has 3 aliphatic heterocycles. The molecule has 5 rings (SSSR count). The fourth-order valence-corrected chi connectivity index (χ4v) is 5.39. The summed E-state index contributed by atoms with van der Waals surface area (Å²) in [6.07, 6.45) is 3.25. The normalized spacial score (nSPS) is 28.1. The maximum absolute atomic E-state index is 12.9. The van der Waals surface area contributed by atoms with Gasteiger partial charge in [0.1, 0.15) is 5.54 Å². The summed E-state index contributed by atoms with van der Waals surface area (Å²) in [5.41, 5.74) is 1.36. The molecule has 9 heteroatoms. The van der Waals surface area contributed by atoms with Crippen LogP contribution in [-0.4, -0.2) is 54.0 Å². The molecule has 0 unspecified atom stereocenters. The van der Waals surface area contributed by atoms with E-state index in [1.165, 1.54) is 0 Å². The van der Waals surface area contributed by atoms with Crippen LogP contribution in [0.4, 0.5) is 10.5 Å². The minimum Gasteiger partial charge on any atom is -0.364 e. The van der Waals surface area contributed by atoms with Crippen molar-refractivity contribution in [2.75, 3.05) is 24.5 Å². The highest BCUT2D eigenvalue weighted by molar-refractivity contribution is 6.42. The Hall–Kier alpha value is -1.99. The lowest BCUT2D eigenvalue weighted by Crippen LogP contribution is -2.54. The van der Waals surface area contributed by atoms with Crippen molar-refractivity contribution in [2.45, 2.75) is 43.7 Å². The van der Waals surface area contributed by atoms with E-state index < -0.39 is 11.6 Å². The molecule has 29 heavy (non-hydrogen) atoms. The number of piperazine rings is 1. The maximum Gasteiger partial charge on any atom is 0.322 e. The Morgan fingerprint density at radius 1 is 1.17 bits per heavy atom. The number of hydrogen-bond donors (Lipinski definition) is 2. The smallest absolute Gasteiger partial charge is 0.322 e. The maximum atomic E-state index is 12.9. The largest absolute Gasteiger partial charge is 0.364 e. The Labute approximate surface area is 178 Å². The second kappa shape index (κ2) is 6.77. The van der Waals surface area contributed by atoms with E-state index >= 15 is 0 Å². The van der Waals surface area contributed by atoms with Crippen LogP contribution >= 0.6 is 23.2 Å². The third-order valence-corrected chi connectivity index (χ3v) is 7.42. The number of carbonyl (C=O) groups is 3. The molecule has 7 nitrogen and oxygen atoms in total. The van der Waals surface area contributed by atoms with E-state index in [9.17, 15) is 14.4 Å². The van der Waals surface area contributed by atoms with Gasteiger partial charge in [0.25, 0.3) is 5.91 Å². The van der Waals surface area contributed by atoms with Gasteiger partial charge in [0.05, 0.1) is 16.1 Å². The van der Waals surface area contributed by atoms with E-state index in [-0.39, 0.29) is 30.2 Å². The Morgan fingerprint density at radius 2 is 1.93 bits per heavy atom. The van der Waals surface area contributed by atoms with Gasteiger partial charge in [-0.15, -0.1) is 0 Å². The molecule has 0 bridgehead atoms. The molecule has 0 spiro atoms. The number of fused-ring (bicyclic) bond motifs is 3. The highest BCUT2D eigenvalue weighted by Crippen LogP contribution is 2.44. The van der Waals surface area contributed by atoms with Crippen molar-refractivity contribution in [2.24, 2.45) is 5.92 Å². The average molecular weight is 437 g/mol. The van der Waals surface area contributed by atoms with Crippen molar-refractivity contribution >= 4 is 46.7 Å². The van der Waals surface area contributed by atoms with Crippen LogP contribution in [0, 0.1) is 5.92 Å². The molecule has 2 saturated heterocycles. The van der Waals surface area contributed by atoms with Crippen LogP contribution in [0.1, 0.15) is 31.2 Å². The van der Waals surface area contributed by atoms with E-state index in [1.54, 1.807) is 0 Å². The van der Waals surface area contributed by atoms with Gasteiger partial charge in [-0.3, -0.25) is 14.9 Å². The Kier molecular flexibility index (Phi) is 4.44. The number of amides is 4. The number of nitrogens with zero attached hydrogens (tertiary/aromatic N) is 2. The van der Waals surface area contributed by atoms with Crippen LogP contribution in [0.25, 0.3) is 0 Å². The topological polar surface area (TPSA) is 81.8 Å². The zero-order chi connectivity index (χ0) is 20.3. The first kappa shape index (κ1) is 19.0. The lowest BCUT2D eigenvalue weighted by Gasteiger charge is -2.39. The number of benzene rings is 1. The highest BCUT2D eigenvalue weighted by Gasteiger charge is 2.55. The second-order valence-corrected chi connectivity index (χ2v) is 9.25. The quantitative estimate of drug-likeness (QED) is 0.709. The van der Waals surface area contributed by atoms with Crippen molar-refractivity contribution in [3.8, 4) is 0 Å². The van der Waals surface area contributed by atoms with Gasteiger partial charge in [0.15, 0.2) is 0 Å². The Morgan fingerprint density at radius 3 is 2.62 bits per heavy atom. The van der Waals surface area contributed by atoms with Gasteiger partial charge in [-0.2, -0.15) is 0 Å². The van der Waals surface area contributed by atoms with Gasteiger partial charge < -0.3 is 15.1 Å². The van der Waals surface area contributed by atoms with Gasteiger partial charge in [-0.05, 0) is 49.3 Å². The zero-order valence-electron chi connectivity index (χ0n) is 15.8. The van der Waals surface area contributed by atoms with Gasteiger partial charge in [-0.1, -0.05) is 23.2 Å². The fourth-order valence-electron chi connectivity index (χ4n) is 5.05. The third kappa shape index (κ3) is 3.15. The number of nitrogens with one attached hydrogen (secondary N) is 2. The van der Waals surface area contributed by atoms with E-state index in [2.05, 4.69) is 15.5 Å². The summed E-state index contributed by atoms with van der Waals surface area (Å²) in [6, 6.07) is 3.59. The van der Waals surface area contributed by atoms with Crippen molar-refractivity contribution < 1.29 is 14.4 Å². The van der Waals surface area contributed by atoms with Crippen molar-refractivity contribution in [1.82, 2.24) is 15.5 Å². The Bertz CT molecular complexity index is 919. The van der Waals surface area contributed by atoms with Crippen LogP contribution in [0.2, 0.25) is 10.0 Å². The Balaban J connectivity index is 1.24. The van der Waals surface area contributed by atoms with E-state index in [0.29, 0.717) is 29.6 Å². The molecule has 4 aliphatic rings. The molecule has 3 heterocycles. The molecule has 0 radical (unpaired) electrons. The summed E-state index contributed by atoms with van der Waals surface area (Å²) in [7, 11) is 0. The SMILES string of the molecule is O=C1NC(=O)[C@](CCC(=O)N2CCN3c4cc(Cl)c(Cl)cc4C[C@H]3C2)(C2CC2)N1. The van der Waals surface area contributed by atoms with E-state index in [4.69, 9.17) is 23.2 Å². The lowest BCUT2D eigenvalue weighted by molar-refractivity contribution is -0.133. The number of anilines is 1. The minimum absolute atomic E-state index is 0.0330. The molecule has 1 aliphatic carbocycles. The lowest BCUT2D eigenvalue weighted by atomic mass is 9.87. The van der Waals surface area contributed by atoms with E-state index in [1.807, 2.05) is 17.0 Å². The first-order valence-corrected chi connectivity index (χ1v) is 10.8. The summed E-state index contributed by atoms with van der Waals surface area (Å²) in [5, 5.41) is 6.24. The van der Waals surface area contributed by atoms with Gasteiger partial charge in [0, 0.05) is 31.7 Å². The number of rotatable bonds is 4. The predicted octanol–water partition coefficient (Wildman–Crippen LogP) is 2.34. The summed E-state index contributed by atoms with van der Waals surface area (Å²) < 4.78 is 0. The molecule has 154 valence electrons. The predicted molar refractivity (Wildman–Crippen MR) is 109 cm³/mol. The summed E-state index contributed by atoms with van der Waals surface area (Å²) in [6.45, 7) is 2.01. The van der Waals surface area contributed by atoms with Crippen LogP contribution in [0.15, 0.2) is 12.1 Å². The molecule has 2 N–H and O–H groups in total. The molecular weight excluding hydrogens is 415 g/mol. The molecule has 0 aromatic heterocycles. The first-order chi connectivity index (χ1) is 13.9. The molecular formula is C20H22Cl2N4O3. The van der Waals surface area contributed by atoms with Crippen LogP contribution in [-0.2, 0) is 16.0 Å². The van der Waals surface area contributed by atoms with Crippen molar-refractivity contribution in [3.63, 3.8) is 0 Å². The van der Waals surface area contributed by atoms with Crippen LogP contribution < -0.4 is 15.5 Å². The summed E-state index contributed by atoms with van der Waals surface area (Å²) in [4.78, 5) is 41.1. The second-order valence-electron chi connectivity index (χ2n) is 8.44. The molecule has 4 amide bonds. The van der Waals surface area contributed by atoms with E-state index in [0.717, 1.165) is 37.1 Å². The number of urea groups is 1. The van der Waals surface area contributed by atoms with Gasteiger partial charge in [0.2, 0.25) is 5.91 Å². The third-order valence-electron chi connectivity index (χ3n) is 6.70. The minimum atomic E-state index is -0.911. The number of imide groups is 1. The number of hydrogen-bond acceptors (Lipinski definition) is 4. The average Bonchev–Trinajstić information content (AvgIpc) is 3.42. The summed E-state index contributed by atoms with van der Waals surface area (Å²) in [5.74, 6) is -0.120. The standard InChI is InChI=1S/C20H22Cl2N4O3/c21-14-8-11-7-13-10-25(5-6-26(13)16(11)9-15(14)22)17(27)3-4-20(12-1-2-12)18(28)23-19(29)24-20/h8-9,12-13H,1-7,10H2,(H2,23,24,28,29)/t13-,20-/m0/s1. The highest BCUT2D eigenvalue weighted by atomic mass is 35.5. The molecule has 2 atom stereocenters. The van der Waals surface area contributed by atoms with Crippen molar-refractivity contribution in [3.05, 3.63) is 27.7 Å². The number of carbonyl (C=O) groups excluding carboxylic acids is 3. The van der Waals surface area contributed by atoms with Crippen LogP contribution in [0.5, 0.6) is 0 Å². The molecule has 1 aromatic rings.